The molecule has 4 heterocycles. The van der Waals surface area contributed by atoms with E-state index in [0.717, 1.165) is 66.2 Å². The molecule has 13 aromatic rings. The van der Waals surface area contributed by atoms with E-state index in [0.29, 0.717) is 17.6 Å². The molecular weight excluding hydrogens is 851 g/mol. The van der Waals surface area contributed by atoms with E-state index >= 15 is 0 Å². The summed E-state index contributed by atoms with van der Waals surface area (Å²) in [5.41, 5.74) is 8.64. The van der Waals surface area contributed by atoms with Gasteiger partial charge in [-0.1, -0.05) is 133 Å². The van der Waals surface area contributed by atoms with Gasteiger partial charge in [-0.3, -0.25) is 4.57 Å². The van der Waals surface area contributed by atoms with Crippen molar-refractivity contribution >= 4 is 85.0 Å². The number of thiophene rings is 1. The van der Waals surface area contributed by atoms with Crippen molar-refractivity contribution in [2.45, 2.75) is 9.79 Å². The third-order valence-electron chi connectivity index (χ3n) is 12.6. The van der Waals surface area contributed by atoms with Gasteiger partial charge in [-0.05, 0) is 90.0 Å². The first kappa shape index (κ1) is 38.2. The fourth-order valence-corrected chi connectivity index (χ4v) is 11.8. The molecule has 0 radical (unpaired) electrons. The van der Waals surface area contributed by atoms with Gasteiger partial charge < -0.3 is 4.57 Å². The third kappa shape index (κ3) is 6.09. The van der Waals surface area contributed by atoms with Gasteiger partial charge in [0.05, 0.1) is 31.9 Å². The zero-order valence-electron chi connectivity index (χ0n) is 35.1. The van der Waals surface area contributed by atoms with Gasteiger partial charge in [0, 0.05) is 58.5 Å². The molecule has 0 saturated carbocycles. The number of para-hydroxylation sites is 2. The quantitative estimate of drug-likeness (QED) is 0.159. The number of hydrogen-bond acceptors (Lipinski definition) is 6. The molecule has 0 saturated heterocycles. The normalized spacial score (nSPS) is 12.1. The molecule has 7 nitrogen and oxygen atoms in total. The van der Waals surface area contributed by atoms with Crippen LogP contribution in [0.25, 0.3) is 109 Å². The summed E-state index contributed by atoms with van der Waals surface area (Å²) < 4.78 is 35.2. The van der Waals surface area contributed by atoms with Crippen LogP contribution in [0.4, 0.5) is 0 Å². The van der Waals surface area contributed by atoms with Crippen molar-refractivity contribution in [1.29, 1.82) is 0 Å². The van der Waals surface area contributed by atoms with E-state index in [1.165, 1.54) is 25.6 Å². The molecule has 0 bridgehead atoms. The minimum Gasteiger partial charge on any atom is -0.309 e. The number of fused-ring (bicyclic) bond motifs is 9. The predicted molar refractivity (Wildman–Crippen MR) is 270 cm³/mol. The van der Waals surface area contributed by atoms with E-state index in [1.807, 2.05) is 97.1 Å². The van der Waals surface area contributed by atoms with Crippen molar-refractivity contribution in [1.82, 2.24) is 24.1 Å². The van der Waals surface area contributed by atoms with E-state index in [4.69, 9.17) is 15.0 Å². The monoisotopic (exact) mass is 885 g/mol. The first-order valence-electron chi connectivity index (χ1n) is 21.7. The highest BCUT2D eigenvalue weighted by molar-refractivity contribution is 7.91. The highest BCUT2D eigenvalue weighted by Crippen LogP contribution is 2.41. The van der Waals surface area contributed by atoms with Crippen LogP contribution in [0.5, 0.6) is 0 Å². The number of hydrogen-bond donors (Lipinski definition) is 0. The number of sulfone groups is 1. The summed E-state index contributed by atoms with van der Waals surface area (Å²) in [6.07, 6.45) is 0. The second-order valence-electron chi connectivity index (χ2n) is 16.4. The molecule has 0 fully saturated rings. The Morgan fingerprint density at radius 3 is 1.52 bits per heavy atom. The van der Waals surface area contributed by atoms with Gasteiger partial charge >= 0.3 is 0 Å². The lowest BCUT2D eigenvalue weighted by Crippen LogP contribution is -2.06. The highest BCUT2D eigenvalue weighted by Gasteiger charge is 2.22. The number of aromatic nitrogens is 5. The topological polar surface area (TPSA) is 82.7 Å². The summed E-state index contributed by atoms with van der Waals surface area (Å²) >= 11 is 1.79. The van der Waals surface area contributed by atoms with Gasteiger partial charge in [0.1, 0.15) is 0 Å². The maximum absolute atomic E-state index is 14.2. The van der Waals surface area contributed by atoms with Crippen molar-refractivity contribution in [3.05, 3.63) is 212 Å². The van der Waals surface area contributed by atoms with Crippen molar-refractivity contribution < 1.29 is 8.42 Å². The molecule has 13 rings (SSSR count). The Kier molecular flexibility index (Phi) is 8.64. The van der Waals surface area contributed by atoms with Crippen LogP contribution in [0.2, 0.25) is 0 Å². The first-order valence-corrected chi connectivity index (χ1v) is 24.0. The standard InChI is InChI=1S/C57H35N5O2S2/c63-66(64,42-30-26-40(27-31-42)61-49-20-10-7-18-44(49)47-34-48-45-19-9-12-22-53(45)65-54(48)35-52(47)61)41-28-23-36(24-29-41)39-25-32-51-46(33-39)43-17-8-11-21-50(43)62(51)57-59-55(37-13-3-1-4-14-37)58-56(60-57)38-15-5-2-6-16-38/h1-35H. The number of nitrogens with zero attached hydrogens (tertiary/aromatic N) is 5. The van der Waals surface area contributed by atoms with Crippen molar-refractivity contribution in [2.24, 2.45) is 0 Å². The molecule has 66 heavy (non-hydrogen) atoms. The summed E-state index contributed by atoms with van der Waals surface area (Å²) in [5.74, 6) is 1.70. The lowest BCUT2D eigenvalue weighted by Gasteiger charge is -2.11. The fraction of sp³-hybridized carbons (Fsp3) is 0. The van der Waals surface area contributed by atoms with Gasteiger partial charge in [0.15, 0.2) is 11.6 Å². The largest absolute Gasteiger partial charge is 0.309 e. The molecule has 9 aromatic carbocycles. The Balaban J connectivity index is 0.848. The van der Waals surface area contributed by atoms with E-state index in [-0.39, 0.29) is 9.79 Å². The van der Waals surface area contributed by atoms with Crippen molar-refractivity contribution in [2.75, 3.05) is 0 Å². The van der Waals surface area contributed by atoms with Crippen LogP contribution >= 0.6 is 11.3 Å². The van der Waals surface area contributed by atoms with Crippen molar-refractivity contribution in [3.63, 3.8) is 0 Å². The van der Waals surface area contributed by atoms with E-state index in [9.17, 15) is 8.42 Å². The molecular formula is C57H35N5O2S2. The Hall–Kier alpha value is -8.24. The summed E-state index contributed by atoms with van der Waals surface area (Å²) in [6.45, 7) is 0. The molecule has 312 valence electrons. The Morgan fingerprint density at radius 1 is 0.348 bits per heavy atom. The minimum absolute atomic E-state index is 0.235. The van der Waals surface area contributed by atoms with Crippen LogP contribution in [0.3, 0.4) is 0 Å². The molecule has 0 aliphatic rings. The van der Waals surface area contributed by atoms with Crippen LogP contribution in [-0.4, -0.2) is 32.5 Å². The van der Waals surface area contributed by atoms with Gasteiger partial charge in [-0.25, -0.2) is 13.4 Å². The number of rotatable bonds is 7. The van der Waals surface area contributed by atoms with Crippen molar-refractivity contribution in [3.8, 4) is 45.5 Å². The minimum atomic E-state index is -3.82. The molecule has 0 N–H and O–H groups in total. The van der Waals surface area contributed by atoms with E-state index in [1.54, 1.807) is 35.6 Å². The van der Waals surface area contributed by atoms with Crippen LogP contribution in [0.15, 0.2) is 222 Å². The van der Waals surface area contributed by atoms with Gasteiger partial charge in [-0.2, -0.15) is 9.97 Å². The van der Waals surface area contributed by atoms with Crippen LogP contribution in [0.1, 0.15) is 0 Å². The zero-order valence-corrected chi connectivity index (χ0v) is 36.7. The fourth-order valence-electron chi connectivity index (χ4n) is 9.47. The second-order valence-corrected chi connectivity index (χ2v) is 19.5. The van der Waals surface area contributed by atoms with Crippen LogP contribution in [-0.2, 0) is 9.84 Å². The first-order chi connectivity index (χ1) is 32.5. The maximum Gasteiger partial charge on any atom is 0.238 e. The molecule has 0 aliphatic heterocycles. The SMILES string of the molecule is O=S(=O)(c1ccc(-c2ccc3c(c2)c2ccccc2n3-c2nc(-c3ccccc3)nc(-c3ccccc3)n2)cc1)c1ccc(-n2c3ccccc3c3cc4c(cc32)sc2ccccc24)cc1. The molecule has 0 spiro atoms. The maximum atomic E-state index is 14.2. The third-order valence-corrected chi connectivity index (χ3v) is 15.6. The van der Waals surface area contributed by atoms with Gasteiger partial charge in [0.2, 0.25) is 15.8 Å². The Morgan fingerprint density at radius 2 is 0.864 bits per heavy atom. The van der Waals surface area contributed by atoms with Crippen LogP contribution in [0, 0.1) is 0 Å². The molecule has 0 amide bonds. The summed E-state index contributed by atoms with van der Waals surface area (Å²) in [5, 5.41) is 6.91. The molecule has 4 aromatic heterocycles. The average Bonchev–Trinajstić information content (AvgIpc) is 4.03. The summed E-state index contributed by atoms with van der Waals surface area (Å²) in [6, 6.07) is 70.5. The summed E-state index contributed by atoms with van der Waals surface area (Å²) in [7, 11) is -3.82. The number of benzene rings is 9. The lowest BCUT2D eigenvalue weighted by molar-refractivity contribution is 0.596. The highest BCUT2D eigenvalue weighted by atomic mass is 32.2. The van der Waals surface area contributed by atoms with E-state index < -0.39 is 9.84 Å². The zero-order chi connectivity index (χ0) is 43.9. The predicted octanol–water partition coefficient (Wildman–Crippen LogP) is 14.3. The van der Waals surface area contributed by atoms with Crippen LogP contribution < -0.4 is 0 Å². The van der Waals surface area contributed by atoms with Gasteiger partial charge in [-0.15, -0.1) is 11.3 Å². The lowest BCUT2D eigenvalue weighted by atomic mass is 10.0. The average molecular weight is 886 g/mol. The Labute approximate surface area is 383 Å². The second kappa shape index (κ2) is 14.9. The van der Waals surface area contributed by atoms with Gasteiger partial charge in [0.25, 0.3) is 0 Å². The molecule has 0 atom stereocenters. The smallest absolute Gasteiger partial charge is 0.238 e. The molecule has 9 heteroatoms. The molecule has 0 aliphatic carbocycles. The van der Waals surface area contributed by atoms with E-state index in [2.05, 4.69) is 100 Å². The molecule has 0 unspecified atom stereocenters. The Bertz CT molecular complexity index is 4100. The summed E-state index contributed by atoms with van der Waals surface area (Å²) in [4.78, 5) is 15.5.